The molecule has 0 spiro atoms. The van der Waals surface area contributed by atoms with Gasteiger partial charge in [0.1, 0.15) is 0 Å². The molecule has 0 radical (unpaired) electrons. The van der Waals surface area contributed by atoms with Crippen LogP contribution >= 0.6 is 11.3 Å². The summed E-state index contributed by atoms with van der Waals surface area (Å²) in [5.74, 6) is 1.30. The van der Waals surface area contributed by atoms with E-state index in [1.165, 1.54) is 5.56 Å². The molecule has 7 heteroatoms. The lowest BCUT2D eigenvalue weighted by Crippen LogP contribution is -2.23. The van der Waals surface area contributed by atoms with E-state index >= 15 is 0 Å². The molecule has 0 bridgehead atoms. The summed E-state index contributed by atoms with van der Waals surface area (Å²) in [4.78, 5) is 14.3. The molecule has 2 aromatic rings. The largest absolute Gasteiger partial charge is 0.368 e. The lowest BCUT2D eigenvalue weighted by atomic mass is 10.2. The third-order valence-electron chi connectivity index (χ3n) is 2.52. The first kappa shape index (κ1) is 12.6. The lowest BCUT2D eigenvalue weighted by Gasteiger charge is -2.17. The summed E-state index contributed by atoms with van der Waals surface area (Å²) in [6, 6.07) is 2.12. The number of thiophene rings is 1. The van der Waals surface area contributed by atoms with E-state index in [-0.39, 0.29) is 5.95 Å². The molecule has 6 nitrogen and oxygen atoms in total. The van der Waals surface area contributed by atoms with Crippen molar-refractivity contribution in [3.63, 3.8) is 0 Å². The predicted octanol–water partition coefficient (Wildman–Crippen LogP) is 1.24. The van der Waals surface area contributed by atoms with Crippen molar-refractivity contribution in [2.24, 2.45) is 0 Å². The Bertz CT molecular complexity index is 498. The Morgan fingerprint density at radius 2 is 2.22 bits per heavy atom. The van der Waals surface area contributed by atoms with Gasteiger partial charge < -0.3 is 16.0 Å². The van der Waals surface area contributed by atoms with Crippen molar-refractivity contribution >= 4 is 29.2 Å². The SMILES string of the molecule is CNc1nc(N)nc(N(C)CCc2ccsc2)n1. The molecule has 0 unspecified atom stereocenters. The van der Waals surface area contributed by atoms with E-state index in [1.54, 1.807) is 18.4 Å². The van der Waals surface area contributed by atoms with E-state index in [0.717, 1.165) is 13.0 Å². The zero-order valence-electron chi connectivity index (χ0n) is 10.4. The lowest BCUT2D eigenvalue weighted by molar-refractivity contribution is 0.834. The summed E-state index contributed by atoms with van der Waals surface area (Å²) in [5.41, 5.74) is 6.96. The molecule has 0 saturated heterocycles. The van der Waals surface area contributed by atoms with Gasteiger partial charge in [0.2, 0.25) is 17.8 Å². The van der Waals surface area contributed by atoms with Crippen LogP contribution in [0.5, 0.6) is 0 Å². The molecule has 2 heterocycles. The zero-order chi connectivity index (χ0) is 13.0. The molecule has 0 fully saturated rings. The molecule has 0 saturated carbocycles. The molecule has 0 aromatic carbocycles. The molecule has 2 aromatic heterocycles. The predicted molar refractivity (Wildman–Crippen MR) is 75.1 cm³/mol. The van der Waals surface area contributed by atoms with Crippen molar-refractivity contribution < 1.29 is 0 Å². The Labute approximate surface area is 110 Å². The third-order valence-corrected chi connectivity index (χ3v) is 3.25. The van der Waals surface area contributed by atoms with E-state index in [4.69, 9.17) is 5.73 Å². The highest BCUT2D eigenvalue weighted by molar-refractivity contribution is 7.07. The van der Waals surface area contributed by atoms with E-state index in [2.05, 4.69) is 37.1 Å². The molecule has 0 amide bonds. The minimum Gasteiger partial charge on any atom is -0.368 e. The van der Waals surface area contributed by atoms with Gasteiger partial charge in [-0.1, -0.05) is 0 Å². The van der Waals surface area contributed by atoms with Gasteiger partial charge in [0, 0.05) is 20.6 Å². The molecule has 18 heavy (non-hydrogen) atoms. The number of nitrogen functional groups attached to an aromatic ring is 1. The Morgan fingerprint density at radius 3 is 2.89 bits per heavy atom. The van der Waals surface area contributed by atoms with E-state index in [9.17, 15) is 0 Å². The van der Waals surface area contributed by atoms with Gasteiger partial charge in [-0.15, -0.1) is 0 Å². The van der Waals surface area contributed by atoms with Crippen molar-refractivity contribution in [2.75, 3.05) is 36.6 Å². The summed E-state index contributed by atoms with van der Waals surface area (Å²) in [5, 5.41) is 7.09. The second-order valence-electron chi connectivity index (χ2n) is 3.87. The maximum absolute atomic E-state index is 5.64. The minimum atomic E-state index is 0.228. The third kappa shape index (κ3) is 3.07. The summed E-state index contributed by atoms with van der Waals surface area (Å²) < 4.78 is 0. The maximum atomic E-state index is 5.64. The van der Waals surface area contributed by atoms with Crippen LogP contribution < -0.4 is 16.0 Å². The van der Waals surface area contributed by atoms with Gasteiger partial charge in [0.05, 0.1) is 0 Å². The smallest absolute Gasteiger partial charge is 0.231 e. The first-order valence-corrected chi connectivity index (χ1v) is 6.55. The average molecular weight is 264 g/mol. The van der Waals surface area contributed by atoms with Crippen LogP contribution in [0.15, 0.2) is 16.8 Å². The minimum absolute atomic E-state index is 0.228. The van der Waals surface area contributed by atoms with Crippen molar-refractivity contribution in [1.82, 2.24) is 15.0 Å². The monoisotopic (exact) mass is 264 g/mol. The number of anilines is 3. The zero-order valence-corrected chi connectivity index (χ0v) is 11.2. The Hall–Kier alpha value is -1.89. The summed E-state index contributed by atoms with van der Waals surface area (Å²) >= 11 is 1.71. The van der Waals surface area contributed by atoms with Crippen LogP contribution in [0.4, 0.5) is 17.8 Å². The summed E-state index contributed by atoms with van der Waals surface area (Å²) in [7, 11) is 3.70. The van der Waals surface area contributed by atoms with Crippen molar-refractivity contribution in [3.8, 4) is 0 Å². The first-order valence-electron chi connectivity index (χ1n) is 5.60. The standard InChI is InChI=1S/C11H16N6S/c1-13-10-14-9(12)15-11(16-10)17(2)5-3-8-4-6-18-7-8/h4,6-7H,3,5H2,1-2H3,(H3,12,13,14,15,16). The Morgan fingerprint density at radius 1 is 1.39 bits per heavy atom. The van der Waals surface area contributed by atoms with E-state index < -0.39 is 0 Å². The highest BCUT2D eigenvalue weighted by Gasteiger charge is 2.08. The van der Waals surface area contributed by atoms with Gasteiger partial charge in [-0.3, -0.25) is 0 Å². The van der Waals surface area contributed by atoms with Gasteiger partial charge >= 0.3 is 0 Å². The number of nitrogens with zero attached hydrogens (tertiary/aromatic N) is 4. The highest BCUT2D eigenvalue weighted by Crippen LogP contribution is 2.12. The molecule has 96 valence electrons. The number of rotatable bonds is 5. The quantitative estimate of drug-likeness (QED) is 0.845. The summed E-state index contributed by atoms with van der Waals surface area (Å²) in [6.07, 6.45) is 0.959. The van der Waals surface area contributed by atoms with Crippen LogP contribution in [0.1, 0.15) is 5.56 Å². The van der Waals surface area contributed by atoms with Gasteiger partial charge in [-0.25, -0.2) is 0 Å². The number of nitrogens with two attached hydrogens (primary N) is 1. The van der Waals surface area contributed by atoms with Gasteiger partial charge in [0.25, 0.3) is 0 Å². The van der Waals surface area contributed by atoms with Crippen LogP contribution in [0, 0.1) is 0 Å². The van der Waals surface area contributed by atoms with E-state index in [0.29, 0.717) is 11.9 Å². The van der Waals surface area contributed by atoms with Crippen LogP contribution in [-0.2, 0) is 6.42 Å². The molecule has 0 aliphatic rings. The van der Waals surface area contributed by atoms with Gasteiger partial charge in [0.15, 0.2) is 0 Å². The number of likely N-dealkylation sites (N-methyl/N-ethyl adjacent to an activating group) is 1. The molecule has 0 aliphatic heterocycles. The van der Waals surface area contributed by atoms with Crippen LogP contribution in [-0.4, -0.2) is 35.6 Å². The first-order chi connectivity index (χ1) is 8.69. The fraction of sp³-hybridized carbons (Fsp3) is 0.364. The normalized spacial score (nSPS) is 10.3. The molecule has 0 atom stereocenters. The number of nitrogens with one attached hydrogen (secondary N) is 1. The van der Waals surface area contributed by atoms with E-state index in [1.807, 2.05) is 11.9 Å². The average Bonchev–Trinajstić information content (AvgIpc) is 2.88. The number of aromatic nitrogens is 3. The van der Waals surface area contributed by atoms with Crippen molar-refractivity contribution in [2.45, 2.75) is 6.42 Å². The second kappa shape index (κ2) is 5.63. The topological polar surface area (TPSA) is 80.0 Å². The van der Waals surface area contributed by atoms with Crippen LogP contribution in [0.2, 0.25) is 0 Å². The molecule has 3 N–H and O–H groups in total. The maximum Gasteiger partial charge on any atom is 0.231 e. The Balaban J connectivity index is 2.03. The Kier molecular flexibility index (Phi) is 3.93. The van der Waals surface area contributed by atoms with Crippen molar-refractivity contribution in [3.05, 3.63) is 22.4 Å². The highest BCUT2D eigenvalue weighted by atomic mass is 32.1. The molecular weight excluding hydrogens is 248 g/mol. The number of hydrogen-bond donors (Lipinski definition) is 2. The van der Waals surface area contributed by atoms with Crippen LogP contribution in [0.25, 0.3) is 0 Å². The van der Waals surface area contributed by atoms with Gasteiger partial charge in [-0.05, 0) is 28.8 Å². The second-order valence-corrected chi connectivity index (χ2v) is 4.65. The molecule has 0 aliphatic carbocycles. The van der Waals surface area contributed by atoms with Crippen LogP contribution in [0.3, 0.4) is 0 Å². The fourth-order valence-corrected chi connectivity index (χ4v) is 2.20. The number of hydrogen-bond acceptors (Lipinski definition) is 7. The van der Waals surface area contributed by atoms with Gasteiger partial charge in [-0.2, -0.15) is 26.3 Å². The molecule has 2 rings (SSSR count). The van der Waals surface area contributed by atoms with Crippen molar-refractivity contribution in [1.29, 1.82) is 0 Å². The molecular formula is C11H16N6S. The fourth-order valence-electron chi connectivity index (χ4n) is 1.49. The summed E-state index contributed by atoms with van der Waals surface area (Å²) in [6.45, 7) is 0.837.